The van der Waals surface area contributed by atoms with Gasteiger partial charge in [-0.3, -0.25) is 4.79 Å². The lowest BCUT2D eigenvalue weighted by molar-refractivity contribution is -0.137. The summed E-state index contributed by atoms with van der Waals surface area (Å²) in [6.45, 7) is 9.34. The zero-order chi connectivity index (χ0) is 14.5. The lowest BCUT2D eigenvalue weighted by atomic mass is 9.84. The summed E-state index contributed by atoms with van der Waals surface area (Å²) in [6.07, 6.45) is 7.93. The third-order valence-electron chi connectivity index (χ3n) is 4.96. The molecule has 3 heteroatoms. The highest BCUT2D eigenvalue weighted by Gasteiger charge is 2.30. The van der Waals surface area contributed by atoms with Gasteiger partial charge in [0.05, 0.1) is 0 Å². The predicted molar refractivity (Wildman–Crippen MR) is 83.6 cm³/mol. The van der Waals surface area contributed by atoms with Gasteiger partial charge in [-0.1, -0.05) is 33.6 Å². The van der Waals surface area contributed by atoms with Crippen LogP contribution >= 0.6 is 0 Å². The fourth-order valence-corrected chi connectivity index (χ4v) is 3.54. The Kier molecular flexibility index (Phi) is 5.88. The summed E-state index contributed by atoms with van der Waals surface area (Å²) < 4.78 is 0. The topological polar surface area (TPSA) is 32.3 Å². The minimum atomic E-state index is 0.127. The van der Waals surface area contributed by atoms with Crippen LogP contribution in [0.15, 0.2) is 0 Å². The lowest BCUT2D eigenvalue weighted by Gasteiger charge is -2.40. The minimum Gasteiger partial charge on any atom is -0.341 e. The highest BCUT2D eigenvalue weighted by molar-refractivity contribution is 5.78. The highest BCUT2D eigenvalue weighted by Crippen LogP contribution is 2.27. The largest absolute Gasteiger partial charge is 0.341 e. The Morgan fingerprint density at radius 2 is 2.00 bits per heavy atom. The van der Waals surface area contributed by atoms with Crippen molar-refractivity contribution in [1.82, 2.24) is 10.2 Å². The van der Waals surface area contributed by atoms with Gasteiger partial charge in [0.2, 0.25) is 5.91 Å². The molecule has 2 fully saturated rings. The van der Waals surface area contributed by atoms with E-state index in [0.29, 0.717) is 17.9 Å². The molecule has 0 bridgehead atoms. The molecule has 2 unspecified atom stereocenters. The molecule has 1 aliphatic carbocycles. The second-order valence-corrected chi connectivity index (χ2v) is 7.19. The van der Waals surface area contributed by atoms with Crippen LogP contribution in [0.1, 0.15) is 59.3 Å². The van der Waals surface area contributed by atoms with E-state index in [0.717, 1.165) is 25.6 Å². The van der Waals surface area contributed by atoms with Crippen molar-refractivity contribution in [3.63, 3.8) is 0 Å². The Balaban J connectivity index is 1.87. The van der Waals surface area contributed by atoms with Gasteiger partial charge in [0.15, 0.2) is 0 Å². The summed E-state index contributed by atoms with van der Waals surface area (Å²) in [7, 11) is 0. The van der Waals surface area contributed by atoms with Crippen LogP contribution in [-0.2, 0) is 4.79 Å². The van der Waals surface area contributed by atoms with E-state index in [-0.39, 0.29) is 5.92 Å². The zero-order valence-corrected chi connectivity index (χ0v) is 13.5. The third kappa shape index (κ3) is 4.21. The Morgan fingerprint density at radius 1 is 1.25 bits per heavy atom. The number of hydrogen-bond donors (Lipinski definition) is 1. The molecular weight excluding hydrogens is 248 g/mol. The molecule has 0 aromatic carbocycles. The molecular formula is C17H32N2O. The van der Waals surface area contributed by atoms with Gasteiger partial charge in [-0.15, -0.1) is 0 Å². The van der Waals surface area contributed by atoms with Gasteiger partial charge < -0.3 is 10.2 Å². The maximum Gasteiger partial charge on any atom is 0.225 e. The van der Waals surface area contributed by atoms with Gasteiger partial charge >= 0.3 is 0 Å². The average molecular weight is 280 g/mol. The molecule has 3 nitrogen and oxygen atoms in total. The van der Waals surface area contributed by atoms with Gasteiger partial charge in [0.25, 0.3) is 0 Å². The Labute approximate surface area is 124 Å². The Hall–Kier alpha value is -0.570. The van der Waals surface area contributed by atoms with E-state index >= 15 is 0 Å². The number of likely N-dealkylation sites (tertiary alicyclic amines) is 1. The molecule has 2 rings (SSSR count). The fraction of sp³-hybridized carbons (Fsp3) is 0.941. The molecule has 1 amide bonds. The van der Waals surface area contributed by atoms with Crippen molar-refractivity contribution in [1.29, 1.82) is 0 Å². The second-order valence-electron chi connectivity index (χ2n) is 7.19. The summed E-state index contributed by atoms with van der Waals surface area (Å²) in [6, 6.07) is 0.517. The second kappa shape index (κ2) is 7.44. The first-order valence-corrected chi connectivity index (χ1v) is 8.62. The van der Waals surface area contributed by atoms with Crippen LogP contribution in [0.4, 0.5) is 0 Å². The molecule has 0 aromatic heterocycles. The van der Waals surface area contributed by atoms with E-state index in [1.165, 1.54) is 38.5 Å². The zero-order valence-electron chi connectivity index (χ0n) is 13.5. The number of carbonyl (C=O) groups is 1. The smallest absolute Gasteiger partial charge is 0.225 e. The number of rotatable bonds is 6. The first-order valence-electron chi connectivity index (χ1n) is 8.62. The Morgan fingerprint density at radius 3 is 2.55 bits per heavy atom. The first-order chi connectivity index (χ1) is 9.60. The molecule has 0 spiro atoms. The summed E-state index contributed by atoms with van der Waals surface area (Å²) in [5.41, 5.74) is 0. The molecule has 1 saturated carbocycles. The number of carbonyl (C=O) groups excluding carboxylic acids is 1. The molecule has 20 heavy (non-hydrogen) atoms. The maximum atomic E-state index is 12.3. The van der Waals surface area contributed by atoms with Crippen LogP contribution in [0, 0.1) is 17.8 Å². The van der Waals surface area contributed by atoms with Crippen molar-refractivity contribution in [3.05, 3.63) is 0 Å². The van der Waals surface area contributed by atoms with Gasteiger partial charge in [-0.05, 0) is 44.1 Å². The van der Waals surface area contributed by atoms with Crippen LogP contribution in [0.2, 0.25) is 0 Å². The summed E-state index contributed by atoms with van der Waals surface area (Å²) in [5, 5.41) is 3.74. The molecule has 0 aromatic rings. The minimum absolute atomic E-state index is 0.127. The molecule has 1 saturated heterocycles. The molecule has 1 N–H and O–H groups in total. The van der Waals surface area contributed by atoms with Gasteiger partial charge in [-0.25, -0.2) is 0 Å². The first kappa shape index (κ1) is 15.8. The van der Waals surface area contributed by atoms with Crippen molar-refractivity contribution in [2.45, 2.75) is 65.3 Å². The summed E-state index contributed by atoms with van der Waals surface area (Å²) in [4.78, 5) is 14.4. The van der Waals surface area contributed by atoms with E-state index < -0.39 is 0 Å². The van der Waals surface area contributed by atoms with Gasteiger partial charge in [0.1, 0.15) is 0 Å². The van der Waals surface area contributed by atoms with E-state index in [2.05, 4.69) is 17.1 Å². The van der Waals surface area contributed by atoms with Crippen molar-refractivity contribution < 1.29 is 4.79 Å². The van der Waals surface area contributed by atoms with E-state index in [1.807, 2.05) is 13.8 Å². The summed E-state index contributed by atoms with van der Waals surface area (Å²) in [5.74, 6) is 2.05. The van der Waals surface area contributed by atoms with E-state index in [4.69, 9.17) is 0 Å². The fourth-order valence-electron chi connectivity index (χ4n) is 3.54. The van der Waals surface area contributed by atoms with Gasteiger partial charge in [-0.2, -0.15) is 0 Å². The highest BCUT2D eigenvalue weighted by atomic mass is 16.2. The normalized spacial score (nSPS) is 27.7. The third-order valence-corrected chi connectivity index (χ3v) is 4.96. The number of hydrogen-bond acceptors (Lipinski definition) is 2. The van der Waals surface area contributed by atoms with Crippen molar-refractivity contribution in [2.24, 2.45) is 17.8 Å². The molecule has 1 aliphatic heterocycles. The SMILES string of the molecule is CCCC1CC(NCC2CCC2)CN(C(=O)C(C)C)C1. The molecule has 2 atom stereocenters. The predicted octanol–water partition coefficient (Wildman–Crippen LogP) is 3.05. The van der Waals surface area contributed by atoms with Crippen LogP contribution in [-0.4, -0.2) is 36.5 Å². The molecule has 1 heterocycles. The number of nitrogens with zero attached hydrogens (tertiary/aromatic N) is 1. The molecule has 0 radical (unpaired) electrons. The van der Waals surface area contributed by atoms with Crippen molar-refractivity contribution in [2.75, 3.05) is 19.6 Å². The van der Waals surface area contributed by atoms with E-state index in [9.17, 15) is 4.79 Å². The monoisotopic (exact) mass is 280 g/mol. The van der Waals surface area contributed by atoms with Crippen LogP contribution < -0.4 is 5.32 Å². The quantitative estimate of drug-likeness (QED) is 0.811. The standard InChI is InChI=1S/C17H32N2O/c1-4-6-15-9-16(18-10-14-7-5-8-14)12-19(11-15)17(20)13(2)3/h13-16,18H,4-12H2,1-3H3. The average Bonchev–Trinajstić information content (AvgIpc) is 2.36. The van der Waals surface area contributed by atoms with Crippen molar-refractivity contribution in [3.8, 4) is 0 Å². The van der Waals surface area contributed by atoms with E-state index in [1.54, 1.807) is 0 Å². The van der Waals surface area contributed by atoms with Crippen molar-refractivity contribution >= 4 is 5.91 Å². The number of piperidine rings is 1. The van der Waals surface area contributed by atoms with Crippen LogP contribution in [0.3, 0.4) is 0 Å². The summed E-state index contributed by atoms with van der Waals surface area (Å²) >= 11 is 0. The number of nitrogens with one attached hydrogen (secondary N) is 1. The maximum absolute atomic E-state index is 12.3. The lowest BCUT2D eigenvalue weighted by Crippen LogP contribution is -2.53. The molecule has 2 aliphatic rings. The van der Waals surface area contributed by atoms with Gasteiger partial charge in [0, 0.05) is 25.0 Å². The molecule has 116 valence electrons. The van der Waals surface area contributed by atoms with Crippen LogP contribution in [0.5, 0.6) is 0 Å². The van der Waals surface area contributed by atoms with Crippen LogP contribution in [0.25, 0.3) is 0 Å². The Bertz CT molecular complexity index is 312. The number of amides is 1.